The molecule has 24 heavy (non-hydrogen) atoms. The first-order valence-corrected chi connectivity index (χ1v) is 8.90. The molecule has 3 rings (SSSR count). The Kier molecular flexibility index (Phi) is 5.24. The first kappa shape index (κ1) is 17.0. The molecule has 4 nitrogen and oxygen atoms in total. The van der Waals surface area contributed by atoms with Crippen molar-refractivity contribution in [3.8, 4) is 17.1 Å². The zero-order valence-corrected chi connectivity index (χ0v) is 15.0. The number of imidazole rings is 1. The van der Waals surface area contributed by atoms with E-state index in [1.54, 1.807) is 7.11 Å². The van der Waals surface area contributed by atoms with E-state index in [9.17, 15) is 5.11 Å². The van der Waals surface area contributed by atoms with Crippen molar-refractivity contribution < 1.29 is 9.84 Å². The number of aromatic nitrogens is 2. The number of rotatable bonds is 5. The summed E-state index contributed by atoms with van der Waals surface area (Å²) in [6, 6.07) is 4.30. The first-order valence-electron chi connectivity index (χ1n) is 8.90. The summed E-state index contributed by atoms with van der Waals surface area (Å²) >= 11 is 0. The van der Waals surface area contributed by atoms with Gasteiger partial charge in [-0.05, 0) is 68.6 Å². The van der Waals surface area contributed by atoms with Gasteiger partial charge in [0.15, 0.2) is 0 Å². The lowest BCUT2D eigenvalue weighted by Gasteiger charge is -2.28. The lowest BCUT2D eigenvalue weighted by Crippen LogP contribution is -2.21. The van der Waals surface area contributed by atoms with Gasteiger partial charge < -0.3 is 14.4 Å². The van der Waals surface area contributed by atoms with Crippen LogP contribution < -0.4 is 4.74 Å². The molecule has 0 spiro atoms. The van der Waals surface area contributed by atoms with E-state index in [0.29, 0.717) is 18.4 Å². The van der Waals surface area contributed by atoms with Crippen molar-refractivity contribution in [2.24, 2.45) is 11.8 Å². The number of hydrogen-bond acceptors (Lipinski definition) is 3. The number of aryl methyl sites for hydroxylation is 2. The molecule has 0 atom stereocenters. The Morgan fingerprint density at radius 1 is 1.17 bits per heavy atom. The van der Waals surface area contributed by atoms with Gasteiger partial charge in [-0.1, -0.05) is 6.07 Å². The maximum absolute atomic E-state index is 9.31. The topological polar surface area (TPSA) is 47.3 Å². The summed E-state index contributed by atoms with van der Waals surface area (Å²) in [6.45, 7) is 5.52. The summed E-state index contributed by atoms with van der Waals surface area (Å²) in [5.41, 5.74) is 3.44. The molecular weight excluding hydrogens is 300 g/mol. The normalized spacial score (nSPS) is 21.0. The van der Waals surface area contributed by atoms with Gasteiger partial charge in [0.25, 0.3) is 0 Å². The third-order valence-corrected chi connectivity index (χ3v) is 5.26. The number of aliphatic hydroxyl groups excluding tert-OH is 1. The SMILES string of the molecule is COc1c(C)cc(C)cc1-c1nccn1CC1CCC(CO)CC1. The second-order valence-corrected chi connectivity index (χ2v) is 7.14. The minimum absolute atomic E-state index is 0.336. The number of benzene rings is 1. The summed E-state index contributed by atoms with van der Waals surface area (Å²) in [5.74, 6) is 3.07. The molecule has 4 heteroatoms. The standard InChI is InChI=1S/C20H28N2O2/c1-14-10-15(2)19(24-3)18(11-14)20-21-8-9-22(20)12-16-4-6-17(13-23)7-5-16/h8-11,16-17,23H,4-7,12-13H2,1-3H3. The van der Waals surface area contributed by atoms with Gasteiger partial charge in [-0.15, -0.1) is 0 Å². The molecule has 0 bridgehead atoms. The minimum Gasteiger partial charge on any atom is -0.496 e. The molecule has 0 saturated heterocycles. The largest absolute Gasteiger partial charge is 0.496 e. The molecular formula is C20H28N2O2. The lowest BCUT2D eigenvalue weighted by molar-refractivity contribution is 0.161. The summed E-state index contributed by atoms with van der Waals surface area (Å²) in [7, 11) is 1.73. The number of methoxy groups -OCH3 is 1. The third kappa shape index (κ3) is 3.48. The second kappa shape index (κ2) is 7.39. The van der Waals surface area contributed by atoms with Crippen molar-refractivity contribution in [3.63, 3.8) is 0 Å². The average Bonchev–Trinajstić information content (AvgIpc) is 3.03. The highest BCUT2D eigenvalue weighted by Gasteiger charge is 2.22. The minimum atomic E-state index is 0.336. The molecule has 1 heterocycles. The van der Waals surface area contributed by atoms with E-state index < -0.39 is 0 Å². The van der Waals surface area contributed by atoms with E-state index in [4.69, 9.17) is 4.74 Å². The van der Waals surface area contributed by atoms with Crippen molar-refractivity contribution >= 4 is 0 Å². The fraction of sp³-hybridized carbons (Fsp3) is 0.550. The summed E-state index contributed by atoms with van der Waals surface area (Å²) < 4.78 is 7.91. The second-order valence-electron chi connectivity index (χ2n) is 7.14. The monoisotopic (exact) mass is 328 g/mol. The predicted molar refractivity (Wildman–Crippen MR) is 96.2 cm³/mol. The Hall–Kier alpha value is -1.81. The van der Waals surface area contributed by atoms with Crippen LogP contribution in [-0.4, -0.2) is 28.4 Å². The highest BCUT2D eigenvalue weighted by Crippen LogP contribution is 2.35. The molecule has 0 amide bonds. The molecule has 1 N–H and O–H groups in total. The molecule has 1 saturated carbocycles. The Bertz CT molecular complexity index is 685. The molecule has 0 radical (unpaired) electrons. The summed E-state index contributed by atoms with van der Waals surface area (Å²) in [6.07, 6.45) is 8.60. The Morgan fingerprint density at radius 2 is 1.88 bits per heavy atom. The van der Waals surface area contributed by atoms with E-state index >= 15 is 0 Å². The van der Waals surface area contributed by atoms with E-state index in [2.05, 4.69) is 41.7 Å². The summed E-state index contributed by atoms with van der Waals surface area (Å²) in [5, 5.41) is 9.31. The van der Waals surface area contributed by atoms with Crippen LogP contribution in [0.25, 0.3) is 11.4 Å². The predicted octanol–water partition coefficient (Wildman–Crippen LogP) is 3.97. The van der Waals surface area contributed by atoms with E-state index in [1.807, 2.05) is 6.20 Å². The lowest BCUT2D eigenvalue weighted by atomic mass is 9.82. The average molecular weight is 328 g/mol. The van der Waals surface area contributed by atoms with Crippen molar-refractivity contribution in [1.82, 2.24) is 9.55 Å². The van der Waals surface area contributed by atoms with Crippen LogP contribution in [0.2, 0.25) is 0 Å². The van der Waals surface area contributed by atoms with E-state index in [-0.39, 0.29) is 0 Å². The summed E-state index contributed by atoms with van der Waals surface area (Å²) in [4.78, 5) is 4.62. The molecule has 130 valence electrons. The van der Waals surface area contributed by atoms with Gasteiger partial charge in [0.1, 0.15) is 11.6 Å². The van der Waals surface area contributed by atoms with Crippen molar-refractivity contribution in [1.29, 1.82) is 0 Å². The van der Waals surface area contributed by atoms with Crippen LogP contribution >= 0.6 is 0 Å². The number of aliphatic hydroxyl groups is 1. The number of hydrogen-bond donors (Lipinski definition) is 1. The molecule has 1 aliphatic carbocycles. The quantitative estimate of drug-likeness (QED) is 0.903. The Balaban J connectivity index is 1.84. The molecule has 2 aromatic rings. The van der Waals surface area contributed by atoms with E-state index in [1.165, 1.54) is 18.4 Å². The van der Waals surface area contributed by atoms with Gasteiger partial charge in [-0.3, -0.25) is 0 Å². The van der Waals surface area contributed by atoms with Gasteiger partial charge in [0.05, 0.1) is 12.7 Å². The highest BCUT2D eigenvalue weighted by molar-refractivity contribution is 5.68. The molecule has 1 aromatic carbocycles. The first-order chi connectivity index (χ1) is 11.6. The fourth-order valence-electron chi connectivity index (χ4n) is 3.97. The third-order valence-electron chi connectivity index (χ3n) is 5.26. The fourth-order valence-corrected chi connectivity index (χ4v) is 3.97. The maximum atomic E-state index is 9.31. The van der Waals surface area contributed by atoms with E-state index in [0.717, 1.165) is 42.1 Å². The zero-order valence-electron chi connectivity index (χ0n) is 15.0. The van der Waals surface area contributed by atoms with Crippen LogP contribution in [0, 0.1) is 25.7 Å². The van der Waals surface area contributed by atoms with Crippen molar-refractivity contribution in [2.75, 3.05) is 13.7 Å². The van der Waals surface area contributed by atoms with Gasteiger partial charge in [0.2, 0.25) is 0 Å². The van der Waals surface area contributed by atoms with Crippen LogP contribution in [0.5, 0.6) is 5.75 Å². The van der Waals surface area contributed by atoms with Crippen LogP contribution in [0.15, 0.2) is 24.5 Å². The molecule has 1 aromatic heterocycles. The van der Waals surface area contributed by atoms with Gasteiger partial charge in [-0.2, -0.15) is 0 Å². The van der Waals surface area contributed by atoms with Crippen LogP contribution in [0.1, 0.15) is 36.8 Å². The highest BCUT2D eigenvalue weighted by atomic mass is 16.5. The maximum Gasteiger partial charge on any atom is 0.143 e. The van der Waals surface area contributed by atoms with Gasteiger partial charge in [-0.25, -0.2) is 4.98 Å². The van der Waals surface area contributed by atoms with Crippen molar-refractivity contribution in [2.45, 2.75) is 46.1 Å². The Morgan fingerprint density at radius 3 is 2.54 bits per heavy atom. The molecule has 0 aliphatic heterocycles. The number of ether oxygens (including phenoxy) is 1. The van der Waals surface area contributed by atoms with Crippen molar-refractivity contribution in [3.05, 3.63) is 35.7 Å². The Labute approximate surface area is 144 Å². The number of nitrogens with zero attached hydrogens (tertiary/aromatic N) is 2. The van der Waals surface area contributed by atoms with Crippen LogP contribution in [0.3, 0.4) is 0 Å². The molecule has 1 aliphatic rings. The van der Waals surface area contributed by atoms with Gasteiger partial charge >= 0.3 is 0 Å². The molecule has 1 fully saturated rings. The zero-order chi connectivity index (χ0) is 17.1. The van der Waals surface area contributed by atoms with Crippen LogP contribution in [0.4, 0.5) is 0 Å². The van der Waals surface area contributed by atoms with Crippen LogP contribution in [-0.2, 0) is 6.54 Å². The smallest absolute Gasteiger partial charge is 0.143 e. The van der Waals surface area contributed by atoms with Gasteiger partial charge in [0, 0.05) is 25.5 Å². The molecule has 0 unspecified atom stereocenters.